The van der Waals surface area contributed by atoms with Gasteiger partial charge in [0.2, 0.25) is 0 Å². The van der Waals surface area contributed by atoms with Gasteiger partial charge in [-0.15, -0.1) is 0 Å². The molecule has 1 aliphatic heterocycles. The molecule has 0 N–H and O–H groups in total. The largest absolute Gasteiger partial charge is 0.306 e. The van der Waals surface area contributed by atoms with Gasteiger partial charge in [0.15, 0.2) is 5.65 Å². The summed E-state index contributed by atoms with van der Waals surface area (Å²) in [5.74, 6) is -0.388. The molecule has 6 rings (SSSR count). The van der Waals surface area contributed by atoms with Gasteiger partial charge in [0, 0.05) is 57.5 Å². The van der Waals surface area contributed by atoms with Crippen LogP contribution in [0.15, 0.2) is 73.4 Å². The van der Waals surface area contributed by atoms with Crippen molar-refractivity contribution in [3.63, 3.8) is 0 Å². The summed E-state index contributed by atoms with van der Waals surface area (Å²) in [5, 5.41) is 5.97. The smallest absolute Gasteiger partial charge is 0.160 e. The van der Waals surface area contributed by atoms with Gasteiger partial charge in [-0.1, -0.05) is 11.6 Å². The average Bonchev–Trinajstić information content (AvgIpc) is 3.40. The molecule has 0 saturated carbocycles. The zero-order chi connectivity index (χ0) is 24.6. The Hall–Kier alpha value is -3.68. The molecule has 4 aromatic heterocycles. The summed E-state index contributed by atoms with van der Waals surface area (Å²) < 4.78 is 16.8. The Morgan fingerprint density at radius 3 is 2.64 bits per heavy atom. The number of rotatable bonds is 4. The number of likely N-dealkylation sites (tertiary alicyclic amines) is 1. The number of benzene rings is 1. The van der Waals surface area contributed by atoms with Gasteiger partial charge < -0.3 is 4.90 Å². The number of fused-ring (bicyclic) bond motifs is 1. The molecule has 6 nitrogen and oxygen atoms in total. The molecule has 0 aliphatic carbocycles. The normalized spacial score (nSPS) is 15.0. The highest BCUT2D eigenvalue weighted by atomic mass is 35.5. The van der Waals surface area contributed by atoms with Gasteiger partial charge in [-0.05, 0) is 81.0 Å². The lowest BCUT2D eigenvalue weighted by Crippen LogP contribution is -2.31. The third kappa shape index (κ3) is 4.36. The Bertz CT molecular complexity index is 1560. The van der Waals surface area contributed by atoms with Crippen molar-refractivity contribution < 1.29 is 4.39 Å². The maximum Gasteiger partial charge on any atom is 0.160 e. The minimum Gasteiger partial charge on any atom is -0.306 e. The van der Waals surface area contributed by atoms with Gasteiger partial charge in [-0.3, -0.25) is 9.67 Å². The molecule has 8 heteroatoms. The lowest BCUT2D eigenvalue weighted by molar-refractivity contribution is 0.212. The van der Waals surface area contributed by atoms with E-state index < -0.39 is 0 Å². The maximum absolute atomic E-state index is 14.7. The van der Waals surface area contributed by atoms with Gasteiger partial charge in [0.25, 0.3) is 0 Å². The van der Waals surface area contributed by atoms with Gasteiger partial charge >= 0.3 is 0 Å². The standard InChI is InChI=1S/C28H24ClFN6/c1-35-9-6-22(7-10-35)36-17-20(16-33-36)18-11-19(15-31-14-18)24-13-27(25-12-21(29)4-5-26(25)30)34-28-23(24)3-2-8-32-28/h2-5,8,11-17,22H,6-7,9-10H2,1H3. The second kappa shape index (κ2) is 9.41. The van der Waals surface area contributed by atoms with Gasteiger partial charge in [0.1, 0.15) is 5.82 Å². The fraction of sp³-hybridized carbons (Fsp3) is 0.214. The molecule has 0 amide bonds. The summed E-state index contributed by atoms with van der Waals surface area (Å²) in [6.45, 7) is 2.16. The molecule has 0 spiro atoms. The van der Waals surface area contributed by atoms with E-state index in [0.717, 1.165) is 53.6 Å². The Labute approximate surface area is 213 Å². The van der Waals surface area contributed by atoms with E-state index in [1.54, 1.807) is 12.3 Å². The Kier molecular flexibility index (Phi) is 5.95. The van der Waals surface area contributed by atoms with E-state index >= 15 is 0 Å². The average molecular weight is 499 g/mol. The first-order valence-electron chi connectivity index (χ1n) is 11.9. The van der Waals surface area contributed by atoms with Gasteiger partial charge in [0.05, 0.1) is 17.9 Å². The number of halogens is 2. The maximum atomic E-state index is 14.7. The lowest BCUT2D eigenvalue weighted by Gasteiger charge is -2.28. The number of hydrogen-bond donors (Lipinski definition) is 0. The van der Waals surface area contributed by atoms with Crippen molar-refractivity contribution in [3.8, 4) is 33.5 Å². The first-order chi connectivity index (χ1) is 17.5. The highest BCUT2D eigenvalue weighted by Crippen LogP contribution is 2.34. The van der Waals surface area contributed by atoms with Gasteiger partial charge in [-0.2, -0.15) is 5.10 Å². The van der Waals surface area contributed by atoms with Crippen LogP contribution in [-0.2, 0) is 0 Å². The molecule has 0 atom stereocenters. The number of hydrogen-bond acceptors (Lipinski definition) is 5. The van der Waals surface area contributed by atoms with Crippen LogP contribution in [0, 0.1) is 5.82 Å². The molecule has 0 unspecified atom stereocenters. The van der Waals surface area contributed by atoms with E-state index in [4.69, 9.17) is 11.6 Å². The molecular weight excluding hydrogens is 475 g/mol. The molecule has 5 aromatic rings. The van der Waals surface area contributed by atoms with E-state index in [1.165, 1.54) is 12.1 Å². The first-order valence-corrected chi connectivity index (χ1v) is 12.3. The molecule has 1 saturated heterocycles. The first kappa shape index (κ1) is 22.8. The second-order valence-corrected chi connectivity index (χ2v) is 9.70. The monoisotopic (exact) mass is 498 g/mol. The predicted molar refractivity (Wildman–Crippen MR) is 140 cm³/mol. The number of nitrogens with zero attached hydrogens (tertiary/aromatic N) is 6. The van der Waals surface area contributed by atoms with Crippen LogP contribution < -0.4 is 0 Å². The molecule has 1 fully saturated rings. The van der Waals surface area contributed by atoms with Crippen molar-refractivity contribution in [1.82, 2.24) is 29.6 Å². The van der Waals surface area contributed by atoms with Crippen LogP contribution in [0.25, 0.3) is 44.5 Å². The minimum atomic E-state index is -0.388. The van der Waals surface area contributed by atoms with Crippen molar-refractivity contribution in [2.45, 2.75) is 18.9 Å². The highest BCUT2D eigenvalue weighted by Gasteiger charge is 2.20. The number of piperidine rings is 1. The fourth-order valence-electron chi connectivity index (χ4n) is 4.82. The van der Waals surface area contributed by atoms with E-state index in [1.807, 2.05) is 36.8 Å². The van der Waals surface area contributed by atoms with Crippen molar-refractivity contribution in [3.05, 3.63) is 84.3 Å². The van der Waals surface area contributed by atoms with Crippen LogP contribution in [0.4, 0.5) is 4.39 Å². The van der Waals surface area contributed by atoms with E-state index in [-0.39, 0.29) is 5.82 Å². The summed E-state index contributed by atoms with van der Waals surface area (Å²) in [4.78, 5) is 16.0. The van der Waals surface area contributed by atoms with Crippen LogP contribution in [0.3, 0.4) is 0 Å². The van der Waals surface area contributed by atoms with Crippen molar-refractivity contribution in [2.24, 2.45) is 0 Å². The zero-order valence-corrected chi connectivity index (χ0v) is 20.5. The molecular formula is C28H24ClFN6. The van der Waals surface area contributed by atoms with Crippen LogP contribution >= 0.6 is 11.6 Å². The van der Waals surface area contributed by atoms with E-state index in [0.29, 0.717) is 28.0 Å². The lowest BCUT2D eigenvalue weighted by atomic mass is 9.99. The van der Waals surface area contributed by atoms with E-state index in [2.05, 4.69) is 48.9 Å². The molecule has 1 aliphatic rings. The van der Waals surface area contributed by atoms with Crippen molar-refractivity contribution >= 4 is 22.6 Å². The molecule has 0 radical (unpaired) electrons. The molecule has 1 aromatic carbocycles. The summed E-state index contributed by atoms with van der Waals surface area (Å²) >= 11 is 6.17. The van der Waals surface area contributed by atoms with Gasteiger partial charge in [-0.25, -0.2) is 14.4 Å². The quantitative estimate of drug-likeness (QED) is 0.292. The fourth-order valence-corrected chi connectivity index (χ4v) is 4.99. The molecule has 36 heavy (non-hydrogen) atoms. The molecule has 5 heterocycles. The second-order valence-electron chi connectivity index (χ2n) is 9.26. The zero-order valence-electron chi connectivity index (χ0n) is 19.8. The predicted octanol–water partition coefficient (Wildman–Crippen LogP) is 6.28. The number of aromatic nitrogens is 5. The van der Waals surface area contributed by atoms with Crippen LogP contribution in [0.1, 0.15) is 18.9 Å². The topological polar surface area (TPSA) is 59.7 Å². The summed E-state index contributed by atoms with van der Waals surface area (Å²) in [7, 11) is 2.16. The minimum absolute atomic E-state index is 0.333. The van der Waals surface area contributed by atoms with Crippen LogP contribution in [0.2, 0.25) is 5.02 Å². The Balaban J connectivity index is 1.42. The highest BCUT2D eigenvalue weighted by molar-refractivity contribution is 6.30. The Morgan fingerprint density at radius 2 is 1.78 bits per heavy atom. The van der Waals surface area contributed by atoms with Crippen molar-refractivity contribution in [1.29, 1.82) is 0 Å². The number of pyridine rings is 3. The third-order valence-electron chi connectivity index (χ3n) is 6.83. The van der Waals surface area contributed by atoms with Crippen LogP contribution in [-0.4, -0.2) is 49.8 Å². The SMILES string of the molecule is CN1CCC(n2cc(-c3cncc(-c4cc(-c5cc(Cl)ccc5F)nc5ncccc45)c3)cn2)CC1. The molecule has 0 bridgehead atoms. The molecule has 180 valence electrons. The summed E-state index contributed by atoms with van der Waals surface area (Å²) in [6.07, 6.45) is 11.5. The Morgan fingerprint density at radius 1 is 0.944 bits per heavy atom. The van der Waals surface area contributed by atoms with E-state index in [9.17, 15) is 4.39 Å². The van der Waals surface area contributed by atoms with Crippen LogP contribution in [0.5, 0.6) is 0 Å². The van der Waals surface area contributed by atoms with Crippen molar-refractivity contribution in [2.75, 3.05) is 20.1 Å². The summed E-state index contributed by atoms with van der Waals surface area (Å²) in [6, 6.07) is 12.7. The third-order valence-corrected chi connectivity index (χ3v) is 7.07. The summed E-state index contributed by atoms with van der Waals surface area (Å²) in [5.41, 5.74) is 5.08.